The molecule has 386 valence electrons. The quantitative estimate of drug-likeness (QED) is 0.0267. The molecule has 1 rings (SSSR count). The molecule has 1 heterocycles. The third-order valence-corrected chi connectivity index (χ3v) is 12.0. The zero-order chi connectivity index (χ0) is 48.5. The predicted octanol–water partition coefficient (Wildman–Crippen LogP) is 13.8. The first-order chi connectivity index (χ1) is 32.9. The molecule has 0 amide bonds. The first-order valence-electron chi connectivity index (χ1n) is 27.2. The van der Waals surface area contributed by atoms with Crippen LogP contribution in [0.5, 0.6) is 0 Å². The highest BCUT2D eigenvalue weighted by Gasteiger charge is 2.44. The summed E-state index contributed by atoms with van der Waals surface area (Å²) in [5.74, 6) is -0.325. The van der Waals surface area contributed by atoms with Gasteiger partial charge in [-0.05, 0) is 89.9 Å². The highest BCUT2D eigenvalue weighted by molar-refractivity contribution is 5.69. The van der Waals surface area contributed by atoms with Gasteiger partial charge in [-0.3, -0.25) is 4.79 Å². The number of esters is 1. The van der Waals surface area contributed by atoms with Gasteiger partial charge in [0.05, 0.1) is 19.8 Å². The first kappa shape index (κ1) is 62.4. The van der Waals surface area contributed by atoms with Gasteiger partial charge in [-0.15, -0.1) is 0 Å². The van der Waals surface area contributed by atoms with E-state index in [1.54, 1.807) is 0 Å². The topological polar surface area (TPSA) is 135 Å². The molecule has 0 aromatic rings. The molecular weight excluding hydrogens is 841 g/mol. The summed E-state index contributed by atoms with van der Waals surface area (Å²) in [6.07, 6.45) is 59.0. The smallest absolute Gasteiger partial charge is 0.306 e. The minimum atomic E-state index is -1.54. The summed E-state index contributed by atoms with van der Waals surface area (Å²) in [6.45, 7) is 4.41. The van der Waals surface area contributed by atoms with Gasteiger partial charge >= 0.3 is 5.97 Å². The maximum Gasteiger partial charge on any atom is 0.306 e. The van der Waals surface area contributed by atoms with E-state index >= 15 is 0 Å². The van der Waals surface area contributed by atoms with Crippen molar-refractivity contribution in [1.29, 1.82) is 0 Å². The summed E-state index contributed by atoms with van der Waals surface area (Å²) in [4.78, 5) is 12.9. The van der Waals surface area contributed by atoms with Crippen LogP contribution in [-0.4, -0.2) is 89.6 Å². The normalized spacial score (nSPS) is 19.9. The Morgan fingerprint density at radius 1 is 0.493 bits per heavy atom. The fourth-order valence-electron chi connectivity index (χ4n) is 7.84. The lowest BCUT2D eigenvalue weighted by atomic mass is 9.99. The number of unbranched alkanes of at least 4 members (excludes halogenated alkanes) is 21. The molecule has 4 N–H and O–H groups in total. The summed E-state index contributed by atoms with van der Waals surface area (Å²) >= 11 is 0. The van der Waals surface area contributed by atoms with Crippen LogP contribution in [0, 0.1) is 0 Å². The second kappa shape index (κ2) is 48.4. The number of aliphatic hydroxyl groups excluding tert-OH is 4. The van der Waals surface area contributed by atoms with E-state index in [0.29, 0.717) is 13.0 Å². The van der Waals surface area contributed by atoms with Crippen molar-refractivity contribution in [2.45, 2.75) is 250 Å². The van der Waals surface area contributed by atoms with E-state index in [1.165, 1.54) is 109 Å². The SMILES string of the molecule is CC/C=C\C/C=C\C/C=C\C/C=C\C/C=C\CCCCCCCCCCCCOCC(COC1OC(CO)C(O)C(O)C1O)OC(=O)CCCCCCCCC/C=C\C/C=C\CCCCCC. The molecule has 67 heavy (non-hydrogen) atoms. The van der Waals surface area contributed by atoms with Crippen molar-refractivity contribution in [2.75, 3.05) is 26.4 Å². The van der Waals surface area contributed by atoms with Crippen LogP contribution in [0.15, 0.2) is 85.1 Å². The Hall–Kier alpha value is -2.63. The summed E-state index contributed by atoms with van der Waals surface area (Å²) < 4.78 is 22.9. The maximum atomic E-state index is 12.9. The van der Waals surface area contributed by atoms with Gasteiger partial charge < -0.3 is 39.4 Å². The molecule has 9 nitrogen and oxygen atoms in total. The average molecular weight is 941 g/mol. The number of hydrogen-bond acceptors (Lipinski definition) is 9. The minimum absolute atomic E-state index is 0.122. The molecule has 0 aromatic carbocycles. The van der Waals surface area contributed by atoms with Gasteiger partial charge in [0.1, 0.15) is 30.5 Å². The lowest BCUT2D eigenvalue weighted by molar-refractivity contribution is -0.305. The number of carbonyl (C=O) groups is 1. The third-order valence-electron chi connectivity index (χ3n) is 12.0. The Morgan fingerprint density at radius 2 is 0.910 bits per heavy atom. The van der Waals surface area contributed by atoms with Crippen molar-refractivity contribution < 1.29 is 44.2 Å². The zero-order valence-corrected chi connectivity index (χ0v) is 42.6. The van der Waals surface area contributed by atoms with Crippen LogP contribution < -0.4 is 0 Å². The van der Waals surface area contributed by atoms with E-state index < -0.39 is 43.4 Å². The van der Waals surface area contributed by atoms with Crippen molar-refractivity contribution >= 4 is 5.97 Å². The Bertz CT molecular complexity index is 1300. The van der Waals surface area contributed by atoms with Crippen molar-refractivity contribution in [3.05, 3.63) is 85.1 Å². The van der Waals surface area contributed by atoms with E-state index in [0.717, 1.165) is 83.5 Å². The fraction of sp³-hybridized carbons (Fsp3) is 0.741. The van der Waals surface area contributed by atoms with Gasteiger partial charge in [-0.1, -0.05) is 202 Å². The summed E-state index contributed by atoms with van der Waals surface area (Å²) in [6, 6.07) is 0. The molecule has 0 saturated carbocycles. The monoisotopic (exact) mass is 941 g/mol. The molecule has 1 fully saturated rings. The molecule has 0 aromatic heterocycles. The molecule has 1 saturated heterocycles. The lowest BCUT2D eigenvalue weighted by Crippen LogP contribution is -2.59. The summed E-state index contributed by atoms with van der Waals surface area (Å²) in [7, 11) is 0. The van der Waals surface area contributed by atoms with Crippen LogP contribution in [0.2, 0.25) is 0 Å². The molecule has 1 aliphatic rings. The lowest BCUT2D eigenvalue weighted by Gasteiger charge is -2.39. The fourth-order valence-corrected chi connectivity index (χ4v) is 7.84. The number of aliphatic hydroxyl groups is 4. The molecule has 6 unspecified atom stereocenters. The summed E-state index contributed by atoms with van der Waals surface area (Å²) in [5, 5.41) is 40.3. The van der Waals surface area contributed by atoms with Crippen molar-refractivity contribution in [2.24, 2.45) is 0 Å². The van der Waals surface area contributed by atoms with Crippen LogP contribution >= 0.6 is 0 Å². The van der Waals surface area contributed by atoms with Crippen LogP contribution in [-0.2, 0) is 23.7 Å². The Morgan fingerprint density at radius 3 is 1.37 bits per heavy atom. The predicted molar refractivity (Wildman–Crippen MR) is 279 cm³/mol. The van der Waals surface area contributed by atoms with Gasteiger partial charge in [-0.25, -0.2) is 0 Å². The van der Waals surface area contributed by atoms with Crippen molar-refractivity contribution in [3.8, 4) is 0 Å². The summed E-state index contributed by atoms with van der Waals surface area (Å²) in [5.41, 5.74) is 0. The van der Waals surface area contributed by atoms with E-state index in [2.05, 4.69) is 98.9 Å². The second-order valence-electron chi connectivity index (χ2n) is 18.3. The van der Waals surface area contributed by atoms with Gasteiger partial charge in [0.2, 0.25) is 0 Å². The largest absolute Gasteiger partial charge is 0.457 e. The maximum absolute atomic E-state index is 12.9. The molecule has 0 radical (unpaired) electrons. The van der Waals surface area contributed by atoms with Gasteiger partial charge in [-0.2, -0.15) is 0 Å². The third kappa shape index (κ3) is 38.9. The van der Waals surface area contributed by atoms with Crippen LogP contribution in [0.3, 0.4) is 0 Å². The minimum Gasteiger partial charge on any atom is -0.457 e. The Labute approximate surface area is 410 Å². The molecule has 0 bridgehead atoms. The van der Waals surface area contributed by atoms with E-state index in [9.17, 15) is 25.2 Å². The standard InChI is InChI=1S/C58H100O9/c1-3-5-7-9-11-13-15-17-19-21-23-24-25-26-27-28-29-30-32-34-36-38-40-42-44-46-48-64-50-52(51-65-58-57(63)56(62)55(61)53(49-59)67-58)66-54(60)47-45-43-41-39-37-35-33-31-22-20-18-16-14-12-10-8-6-4-2/h5,7,11,13-14,16-17,19-20,22-24,26-27,52-53,55-59,61-63H,3-4,6,8-10,12,15,18,21,25,28-51H2,1-2H3/b7-5-,13-11-,16-14-,19-17-,22-20-,24-23-,27-26-. The number of ether oxygens (including phenoxy) is 4. The van der Waals surface area contributed by atoms with Crippen LogP contribution in [0.1, 0.15) is 213 Å². The Kier molecular flexibility index (Phi) is 45.1. The number of hydrogen-bond donors (Lipinski definition) is 4. The van der Waals surface area contributed by atoms with E-state index in [4.69, 9.17) is 18.9 Å². The van der Waals surface area contributed by atoms with Gasteiger partial charge in [0, 0.05) is 13.0 Å². The highest BCUT2D eigenvalue weighted by atomic mass is 16.7. The first-order valence-corrected chi connectivity index (χ1v) is 27.2. The zero-order valence-electron chi connectivity index (χ0n) is 42.6. The second-order valence-corrected chi connectivity index (χ2v) is 18.3. The molecule has 1 aliphatic heterocycles. The molecule has 0 spiro atoms. The van der Waals surface area contributed by atoms with Crippen LogP contribution in [0.25, 0.3) is 0 Å². The Balaban J connectivity index is 2.19. The van der Waals surface area contributed by atoms with Gasteiger partial charge in [0.15, 0.2) is 6.29 Å². The van der Waals surface area contributed by atoms with E-state index in [1.807, 2.05) is 0 Å². The molecule has 9 heteroatoms. The number of allylic oxidation sites excluding steroid dienone is 14. The van der Waals surface area contributed by atoms with Crippen molar-refractivity contribution in [1.82, 2.24) is 0 Å². The number of carbonyl (C=O) groups excluding carboxylic acids is 1. The molecule has 0 aliphatic carbocycles. The van der Waals surface area contributed by atoms with E-state index in [-0.39, 0.29) is 19.2 Å². The van der Waals surface area contributed by atoms with Crippen LogP contribution in [0.4, 0.5) is 0 Å². The molecular formula is C58H100O9. The number of rotatable bonds is 46. The van der Waals surface area contributed by atoms with Gasteiger partial charge in [0.25, 0.3) is 0 Å². The highest BCUT2D eigenvalue weighted by Crippen LogP contribution is 2.23. The van der Waals surface area contributed by atoms with Crippen molar-refractivity contribution in [3.63, 3.8) is 0 Å². The average Bonchev–Trinajstić information content (AvgIpc) is 3.33. The molecule has 6 atom stereocenters.